The van der Waals surface area contributed by atoms with Gasteiger partial charge in [-0.2, -0.15) is 0 Å². The van der Waals surface area contributed by atoms with Gasteiger partial charge in [0, 0.05) is 41.2 Å². The van der Waals surface area contributed by atoms with Gasteiger partial charge in [-0.15, -0.1) is 0 Å². The minimum atomic E-state index is -0.306. The largest absolute Gasteiger partial charge is 0.377 e. The molecule has 1 amide bonds. The molecule has 36 heavy (non-hydrogen) atoms. The molecule has 1 saturated carbocycles. The van der Waals surface area contributed by atoms with Gasteiger partial charge in [-0.05, 0) is 69.5 Å². The summed E-state index contributed by atoms with van der Waals surface area (Å²) in [5.74, 6) is -0.00252. The van der Waals surface area contributed by atoms with Crippen LogP contribution in [-0.4, -0.2) is 28.0 Å². The molecule has 2 aliphatic rings. The summed E-state index contributed by atoms with van der Waals surface area (Å²) in [6, 6.07) is 15.6. The number of nitro benzene ring substituents is 1. The molecule has 0 radical (unpaired) electrons. The highest BCUT2D eigenvalue weighted by Crippen LogP contribution is 2.38. The summed E-state index contributed by atoms with van der Waals surface area (Å²) >= 11 is 0. The molecule has 2 aromatic carbocycles. The minimum absolute atomic E-state index is 0.00252. The Hall–Kier alpha value is -3.87. The molecule has 1 aromatic heterocycles. The van der Waals surface area contributed by atoms with Gasteiger partial charge in [-0.25, -0.2) is 0 Å². The first kappa shape index (κ1) is 23.9. The number of aromatic nitrogens is 1. The summed E-state index contributed by atoms with van der Waals surface area (Å²) < 4.78 is 2.02. The van der Waals surface area contributed by atoms with E-state index in [1.54, 1.807) is 11.0 Å². The van der Waals surface area contributed by atoms with E-state index in [1.165, 1.54) is 6.42 Å². The number of rotatable bonds is 6. The lowest BCUT2D eigenvalue weighted by atomic mass is 9.95. The topological polar surface area (TPSA) is 80.4 Å². The van der Waals surface area contributed by atoms with Crippen LogP contribution in [0.4, 0.5) is 17.1 Å². The summed E-state index contributed by atoms with van der Waals surface area (Å²) in [4.78, 5) is 26.6. The molecule has 0 spiro atoms. The van der Waals surface area contributed by atoms with Crippen LogP contribution in [0.3, 0.4) is 0 Å². The van der Waals surface area contributed by atoms with E-state index < -0.39 is 0 Å². The van der Waals surface area contributed by atoms with Gasteiger partial charge in [0.05, 0.1) is 16.3 Å². The summed E-state index contributed by atoms with van der Waals surface area (Å²) in [5.41, 5.74) is 6.75. The summed E-state index contributed by atoms with van der Waals surface area (Å²) in [6.45, 7) is 6.56. The molecule has 2 heterocycles. The zero-order valence-electron chi connectivity index (χ0n) is 21.1. The number of carbonyl (C=O) groups is 1. The van der Waals surface area contributed by atoms with Crippen molar-refractivity contribution >= 4 is 34.6 Å². The van der Waals surface area contributed by atoms with Crippen molar-refractivity contribution in [1.82, 2.24) is 4.57 Å². The SMILES string of the molecule is CCN1C(=O)/C(=C/c2cc(C)n(-c3ccc(NC4CCCCC4)c([N+](=O)[O-])c3)c2C)c2ccccc21. The summed E-state index contributed by atoms with van der Waals surface area (Å²) in [7, 11) is 0. The average molecular weight is 485 g/mol. The van der Waals surface area contributed by atoms with E-state index >= 15 is 0 Å². The molecule has 5 rings (SSSR count). The third kappa shape index (κ3) is 4.19. The zero-order chi connectivity index (χ0) is 25.4. The molecule has 1 fully saturated rings. The molecule has 7 heteroatoms. The third-order valence-electron chi connectivity index (χ3n) is 7.45. The maximum Gasteiger partial charge on any atom is 0.294 e. The van der Waals surface area contributed by atoms with Gasteiger partial charge >= 0.3 is 0 Å². The van der Waals surface area contributed by atoms with E-state index in [0.717, 1.165) is 59.6 Å². The maximum absolute atomic E-state index is 13.2. The van der Waals surface area contributed by atoms with Crippen molar-refractivity contribution in [2.75, 3.05) is 16.8 Å². The predicted molar refractivity (Wildman–Crippen MR) is 145 cm³/mol. The van der Waals surface area contributed by atoms with Crippen LogP contribution in [-0.2, 0) is 4.79 Å². The van der Waals surface area contributed by atoms with Crippen molar-refractivity contribution in [2.24, 2.45) is 0 Å². The Morgan fingerprint density at radius 3 is 2.56 bits per heavy atom. The van der Waals surface area contributed by atoms with Gasteiger partial charge < -0.3 is 14.8 Å². The first-order valence-corrected chi connectivity index (χ1v) is 12.8. The van der Waals surface area contributed by atoms with Crippen molar-refractivity contribution in [1.29, 1.82) is 0 Å². The number of amides is 1. The van der Waals surface area contributed by atoms with Crippen LogP contribution in [0, 0.1) is 24.0 Å². The van der Waals surface area contributed by atoms with Crippen molar-refractivity contribution in [3.63, 3.8) is 0 Å². The van der Waals surface area contributed by atoms with Crippen LogP contribution >= 0.6 is 0 Å². The predicted octanol–water partition coefficient (Wildman–Crippen LogP) is 6.65. The molecular formula is C29H32N4O3. The number of para-hydroxylation sites is 1. The Labute approximate surface area is 211 Å². The van der Waals surface area contributed by atoms with Gasteiger partial charge in [0.15, 0.2) is 0 Å². The second kappa shape index (κ2) is 9.64. The lowest BCUT2D eigenvalue weighted by Gasteiger charge is -2.24. The van der Waals surface area contributed by atoms with E-state index in [0.29, 0.717) is 17.8 Å². The number of carbonyl (C=O) groups excluding carboxylic acids is 1. The van der Waals surface area contributed by atoms with Crippen LogP contribution in [0.25, 0.3) is 17.3 Å². The van der Waals surface area contributed by atoms with E-state index in [2.05, 4.69) is 5.32 Å². The molecule has 1 aliphatic heterocycles. The Balaban J connectivity index is 1.52. The van der Waals surface area contributed by atoms with Crippen LogP contribution in [0.5, 0.6) is 0 Å². The Morgan fingerprint density at radius 1 is 1.08 bits per heavy atom. The molecule has 0 unspecified atom stereocenters. The zero-order valence-corrected chi connectivity index (χ0v) is 21.1. The molecule has 7 nitrogen and oxygen atoms in total. The Bertz CT molecular complexity index is 1360. The number of fused-ring (bicyclic) bond motifs is 1. The molecule has 1 aliphatic carbocycles. The number of hydrogen-bond acceptors (Lipinski definition) is 4. The first-order valence-electron chi connectivity index (χ1n) is 12.8. The number of benzene rings is 2. The van der Waals surface area contributed by atoms with Gasteiger partial charge in [0.1, 0.15) is 5.69 Å². The Morgan fingerprint density at radius 2 is 1.83 bits per heavy atom. The number of hydrogen-bond donors (Lipinski definition) is 1. The van der Waals surface area contributed by atoms with E-state index in [4.69, 9.17) is 0 Å². The van der Waals surface area contributed by atoms with Gasteiger partial charge in [0.2, 0.25) is 0 Å². The fraction of sp³-hybridized carbons (Fsp3) is 0.345. The van der Waals surface area contributed by atoms with Gasteiger partial charge in [-0.3, -0.25) is 14.9 Å². The molecule has 3 aromatic rings. The average Bonchev–Trinajstić information content (AvgIpc) is 3.31. The molecule has 186 valence electrons. The van der Waals surface area contributed by atoms with Crippen LogP contribution in [0.1, 0.15) is 61.5 Å². The number of nitro groups is 1. The lowest BCUT2D eigenvalue weighted by molar-refractivity contribution is -0.384. The normalized spacial score (nSPS) is 17.0. The molecule has 1 N–H and O–H groups in total. The van der Waals surface area contributed by atoms with Crippen molar-refractivity contribution < 1.29 is 9.72 Å². The highest BCUT2D eigenvalue weighted by atomic mass is 16.6. The number of aryl methyl sites for hydroxylation is 1. The Kier molecular flexibility index (Phi) is 6.39. The van der Waals surface area contributed by atoms with Gasteiger partial charge in [0.25, 0.3) is 11.6 Å². The van der Waals surface area contributed by atoms with Crippen molar-refractivity contribution in [3.8, 4) is 5.69 Å². The van der Waals surface area contributed by atoms with Crippen LogP contribution in [0.2, 0.25) is 0 Å². The van der Waals surface area contributed by atoms with Crippen molar-refractivity contribution in [2.45, 2.75) is 58.9 Å². The second-order valence-corrected chi connectivity index (χ2v) is 9.72. The second-order valence-electron chi connectivity index (χ2n) is 9.72. The number of nitrogens with zero attached hydrogens (tertiary/aromatic N) is 3. The molecule has 0 saturated heterocycles. The quantitative estimate of drug-likeness (QED) is 0.241. The maximum atomic E-state index is 13.2. The fourth-order valence-electron chi connectivity index (χ4n) is 5.65. The monoisotopic (exact) mass is 484 g/mol. The first-order chi connectivity index (χ1) is 17.4. The minimum Gasteiger partial charge on any atom is -0.377 e. The van der Waals surface area contributed by atoms with E-state index in [9.17, 15) is 14.9 Å². The van der Waals surface area contributed by atoms with E-state index in [1.807, 2.05) is 73.9 Å². The smallest absolute Gasteiger partial charge is 0.294 e. The number of nitrogens with one attached hydrogen (secondary N) is 1. The van der Waals surface area contributed by atoms with Crippen LogP contribution < -0.4 is 10.2 Å². The summed E-state index contributed by atoms with van der Waals surface area (Å²) in [6.07, 6.45) is 7.59. The molecular weight excluding hydrogens is 452 g/mol. The third-order valence-corrected chi connectivity index (χ3v) is 7.45. The van der Waals surface area contributed by atoms with Crippen molar-refractivity contribution in [3.05, 3.63) is 81.2 Å². The van der Waals surface area contributed by atoms with Crippen LogP contribution in [0.15, 0.2) is 48.5 Å². The highest BCUT2D eigenvalue weighted by molar-refractivity contribution is 6.35. The lowest BCUT2D eigenvalue weighted by Crippen LogP contribution is -2.25. The summed E-state index contributed by atoms with van der Waals surface area (Å²) in [5, 5.41) is 15.4. The number of anilines is 2. The van der Waals surface area contributed by atoms with E-state index in [-0.39, 0.29) is 22.6 Å². The standard InChI is InChI=1S/C29H32N4O3/c1-4-31-27-13-9-8-12-24(27)25(29(31)34)17-21-16-19(2)32(20(21)3)23-14-15-26(28(18-23)33(35)36)30-22-10-6-5-7-11-22/h8-9,12-18,22,30H,4-7,10-11H2,1-3H3/b25-17+. The fourth-order valence-corrected chi connectivity index (χ4v) is 5.65. The highest BCUT2D eigenvalue weighted by Gasteiger charge is 2.31. The molecule has 0 atom stereocenters. The molecule has 0 bridgehead atoms. The number of likely N-dealkylation sites (N-methyl/N-ethyl adjacent to an activating group) is 1. The van der Waals surface area contributed by atoms with Gasteiger partial charge in [-0.1, -0.05) is 37.5 Å².